The maximum atomic E-state index is 12.3. The smallest absolute Gasteiger partial charge is 0.339 e. The first-order valence-corrected chi connectivity index (χ1v) is 7.91. The van der Waals surface area contributed by atoms with Gasteiger partial charge in [-0.05, 0) is 36.4 Å². The van der Waals surface area contributed by atoms with Gasteiger partial charge >= 0.3 is 5.97 Å². The fourth-order valence-corrected chi connectivity index (χ4v) is 2.69. The van der Waals surface area contributed by atoms with Crippen molar-refractivity contribution >= 4 is 23.0 Å². The first-order chi connectivity index (χ1) is 12.2. The predicted octanol–water partition coefficient (Wildman–Crippen LogP) is 4.95. The van der Waals surface area contributed by atoms with Crippen molar-refractivity contribution < 1.29 is 14.3 Å². The Bertz CT molecular complexity index is 808. The van der Waals surface area contributed by atoms with E-state index in [9.17, 15) is 4.79 Å². The van der Waals surface area contributed by atoms with E-state index in [0.29, 0.717) is 17.0 Å². The Labute approximate surface area is 147 Å². The molecule has 3 rings (SSSR count). The second-order valence-corrected chi connectivity index (χ2v) is 5.38. The van der Waals surface area contributed by atoms with Crippen molar-refractivity contribution in [2.24, 2.45) is 0 Å². The highest BCUT2D eigenvalue weighted by Crippen LogP contribution is 2.38. The lowest BCUT2D eigenvalue weighted by Crippen LogP contribution is -2.15. The van der Waals surface area contributed by atoms with Gasteiger partial charge in [0.1, 0.15) is 5.75 Å². The quantitative estimate of drug-likeness (QED) is 0.619. The van der Waals surface area contributed by atoms with Gasteiger partial charge in [0.25, 0.3) is 0 Å². The van der Waals surface area contributed by atoms with Gasteiger partial charge in [-0.15, -0.1) is 0 Å². The lowest BCUT2D eigenvalue weighted by atomic mass is 10.1. The molecule has 0 unspecified atom stereocenters. The first-order valence-electron chi connectivity index (χ1n) is 7.91. The molecule has 4 nitrogen and oxygen atoms in total. The number of para-hydroxylation sites is 2. The van der Waals surface area contributed by atoms with Crippen LogP contribution in [0.25, 0.3) is 0 Å². The number of methoxy groups -OCH3 is 2. The summed E-state index contributed by atoms with van der Waals surface area (Å²) in [6, 6.07) is 25.1. The summed E-state index contributed by atoms with van der Waals surface area (Å²) in [5.41, 5.74) is 3.04. The van der Waals surface area contributed by atoms with Crippen LogP contribution in [0.3, 0.4) is 0 Å². The van der Waals surface area contributed by atoms with Crippen LogP contribution < -0.4 is 9.64 Å². The van der Waals surface area contributed by atoms with Crippen molar-refractivity contribution in [3.63, 3.8) is 0 Å². The van der Waals surface area contributed by atoms with Crippen molar-refractivity contribution in [3.05, 3.63) is 84.4 Å². The molecule has 0 radical (unpaired) electrons. The average Bonchev–Trinajstić information content (AvgIpc) is 2.69. The predicted molar refractivity (Wildman–Crippen MR) is 99.0 cm³/mol. The molecule has 0 saturated carbocycles. The molecule has 0 aliphatic carbocycles. The zero-order valence-electron chi connectivity index (χ0n) is 14.2. The number of hydrogen-bond acceptors (Lipinski definition) is 4. The van der Waals surface area contributed by atoms with Crippen molar-refractivity contribution in [2.75, 3.05) is 19.1 Å². The number of benzene rings is 3. The molecule has 0 bridgehead atoms. The van der Waals surface area contributed by atoms with Gasteiger partial charge in [0, 0.05) is 17.4 Å². The molecule has 0 amide bonds. The van der Waals surface area contributed by atoms with E-state index >= 15 is 0 Å². The van der Waals surface area contributed by atoms with E-state index in [2.05, 4.69) is 0 Å². The van der Waals surface area contributed by atoms with Crippen molar-refractivity contribution in [3.8, 4) is 5.75 Å². The Hall–Kier alpha value is -3.27. The molecule has 3 aromatic rings. The number of ether oxygens (including phenoxy) is 2. The van der Waals surface area contributed by atoms with E-state index in [4.69, 9.17) is 9.47 Å². The van der Waals surface area contributed by atoms with Crippen LogP contribution in [0.1, 0.15) is 10.4 Å². The highest BCUT2D eigenvalue weighted by molar-refractivity contribution is 5.99. The minimum atomic E-state index is -0.394. The van der Waals surface area contributed by atoms with Crippen LogP contribution in [0.2, 0.25) is 0 Å². The van der Waals surface area contributed by atoms with Crippen LogP contribution in [0.5, 0.6) is 5.75 Å². The lowest BCUT2D eigenvalue weighted by molar-refractivity contribution is 0.0601. The summed E-state index contributed by atoms with van der Waals surface area (Å²) >= 11 is 0. The van der Waals surface area contributed by atoms with E-state index in [0.717, 1.165) is 11.4 Å². The molecule has 0 N–H and O–H groups in total. The standard InChI is InChI=1S/C21H19NO3/c1-24-18-13-14-19(21(23)25-2)20(15-18)22(16-9-5-3-6-10-16)17-11-7-4-8-12-17/h3-15H,1-2H3. The summed E-state index contributed by atoms with van der Waals surface area (Å²) in [6.07, 6.45) is 0. The molecule has 0 heterocycles. The summed E-state index contributed by atoms with van der Waals surface area (Å²) in [4.78, 5) is 14.3. The van der Waals surface area contributed by atoms with Gasteiger partial charge in [0.05, 0.1) is 25.5 Å². The summed E-state index contributed by atoms with van der Waals surface area (Å²) in [5.74, 6) is 0.272. The third kappa shape index (κ3) is 3.48. The number of hydrogen-bond donors (Lipinski definition) is 0. The Morgan fingerprint density at radius 3 is 1.84 bits per heavy atom. The zero-order valence-corrected chi connectivity index (χ0v) is 14.2. The molecule has 0 spiro atoms. The van der Waals surface area contributed by atoms with Crippen molar-refractivity contribution in [1.82, 2.24) is 0 Å². The molecule has 0 saturated heterocycles. The Balaban J connectivity index is 2.24. The number of nitrogens with zero attached hydrogens (tertiary/aromatic N) is 1. The molecule has 0 fully saturated rings. The second kappa shape index (κ2) is 7.53. The minimum absolute atomic E-state index is 0.394. The van der Waals surface area contributed by atoms with Gasteiger partial charge in [-0.1, -0.05) is 36.4 Å². The van der Waals surface area contributed by atoms with Gasteiger partial charge in [-0.3, -0.25) is 0 Å². The van der Waals surface area contributed by atoms with E-state index in [1.807, 2.05) is 71.6 Å². The topological polar surface area (TPSA) is 38.8 Å². The van der Waals surface area contributed by atoms with Crippen LogP contribution in [0.15, 0.2) is 78.9 Å². The summed E-state index contributed by atoms with van der Waals surface area (Å²) < 4.78 is 10.3. The number of carbonyl (C=O) groups is 1. The fourth-order valence-electron chi connectivity index (χ4n) is 2.69. The molecule has 0 aliphatic rings. The SMILES string of the molecule is COC(=O)c1ccc(OC)cc1N(c1ccccc1)c1ccccc1. The number of anilines is 3. The maximum absolute atomic E-state index is 12.3. The molecular formula is C21H19NO3. The first kappa shape index (κ1) is 16.6. The Kier molecular flexibility index (Phi) is 5.00. The number of rotatable bonds is 5. The van der Waals surface area contributed by atoms with Crippen LogP contribution >= 0.6 is 0 Å². The average molecular weight is 333 g/mol. The number of carbonyl (C=O) groups excluding carboxylic acids is 1. The van der Waals surface area contributed by atoms with E-state index in [-0.39, 0.29) is 0 Å². The Morgan fingerprint density at radius 1 is 0.800 bits per heavy atom. The lowest BCUT2D eigenvalue weighted by Gasteiger charge is -2.27. The summed E-state index contributed by atoms with van der Waals surface area (Å²) in [7, 11) is 2.98. The fraction of sp³-hybridized carbons (Fsp3) is 0.0952. The zero-order chi connectivity index (χ0) is 17.6. The molecule has 4 heteroatoms. The highest BCUT2D eigenvalue weighted by atomic mass is 16.5. The molecular weight excluding hydrogens is 314 g/mol. The van der Waals surface area contributed by atoms with Crippen LogP contribution in [0, 0.1) is 0 Å². The van der Waals surface area contributed by atoms with Gasteiger partial charge in [0.2, 0.25) is 0 Å². The van der Waals surface area contributed by atoms with Crippen LogP contribution in [-0.4, -0.2) is 20.2 Å². The summed E-state index contributed by atoms with van der Waals surface area (Å²) in [6.45, 7) is 0. The second-order valence-electron chi connectivity index (χ2n) is 5.38. The third-order valence-corrected chi connectivity index (χ3v) is 3.88. The molecule has 0 aromatic heterocycles. The van der Waals surface area contributed by atoms with Crippen molar-refractivity contribution in [1.29, 1.82) is 0 Å². The monoisotopic (exact) mass is 333 g/mol. The van der Waals surface area contributed by atoms with Crippen LogP contribution in [-0.2, 0) is 4.74 Å². The highest BCUT2D eigenvalue weighted by Gasteiger charge is 2.21. The molecule has 25 heavy (non-hydrogen) atoms. The molecule has 126 valence electrons. The summed E-state index contributed by atoms with van der Waals surface area (Å²) in [5, 5.41) is 0. The molecule has 3 aromatic carbocycles. The van der Waals surface area contributed by atoms with Gasteiger partial charge in [-0.2, -0.15) is 0 Å². The van der Waals surface area contributed by atoms with Crippen molar-refractivity contribution in [2.45, 2.75) is 0 Å². The molecule has 0 aliphatic heterocycles. The van der Waals surface area contributed by atoms with Gasteiger partial charge < -0.3 is 14.4 Å². The Morgan fingerprint density at radius 2 is 1.36 bits per heavy atom. The van der Waals surface area contributed by atoms with E-state index in [1.54, 1.807) is 19.2 Å². The molecule has 0 atom stereocenters. The van der Waals surface area contributed by atoms with Crippen LogP contribution in [0.4, 0.5) is 17.1 Å². The van der Waals surface area contributed by atoms with E-state index < -0.39 is 5.97 Å². The minimum Gasteiger partial charge on any atom is -0.497 e. The normalized spacial score (nSPS) is 10.2. The largest absolute Gasteiger partial charge is 0.497 e. The van der Waals surface area contributed by atoms with Gasteiger partial charge in [-0.25, -0.2) is 4.79 Å². The number of esters is 1. The van der Waals surface area contributed by atoms with Gasteiger partial charge in [0.15, 0.2) is 0 Å². The maximum Gasteiger partial charge on any atom is 0.339 e. The van der Waals surface area contributed by atoms with E-state index in [1.165, 1.54) is 7.11 Å². The third-order valence-electron chi connectivity index (χ3n) is 3.88.